The van der Waals surface area contributed by atoms with Crippen LogP contribution in [-0.2, 0) is 10.0 Å². The molecule has 2 fully saturated rings. The van der Waals surface area contributed by atoms with Gasteiger partial charge in [-0.15, -0.1) is 0 Å². The summed E-state index contributed by atoms with van der Waals surface area (Å²) in [4.78, 5) is 2.48. The number of rotatable bonds is 4. The molecule has 0 radical (unpaired) electrons. The molecule has 0 N–H and O–H groups in total. The van der Waals surface area contributed by atoms with Crippen LogP contribution in [0.5, 0.6) is 0 Å². The standard InChI is InChI=1S/C14H18BrFN2O2S/c15-13-9-12(16)3-4-14(13)21(19,20)18-7-5-17(6-8-18)10-11-1-2-11/h3-4,9,11H,1-2,5-8,10H2. The van der Waals surface area contributed by atoms with Crippen LogP contribution in [0.25, 0.3) is 0 Å². The molecule has 2 aliphatic rings. The fourth-order valence-corrected chi connectivity index (χ4v) is 5.07. The Balaban J connectivity index is 1.70. The third kappa shape index (κ3) is 3.47. The summed E-state index contributed by atoms with van der Waals surface area (Å²) in [6.45, 7) is 3.63. The van der Waals surface area contributed by atoms with Gasteiger partial charge in [0.05, 0.1) is 4.90 Å². The quantitative estimate of drug-likeness (QED) is 0.809. The van der Waals surface area contributed by atoms with E-state index in [1.165, 1.54) is 35.3 Å². The smallest absolute Gasteiger partial charge is 0.244 e. The lowest BCUT2D eigenvalue weighted by Crippen LogP contribution is -2.49. The van der Waals surface area contributed by atoms with Crippen molar-refractivity contribution < 1.29 is 12.8 Å². The van der Waals surface area contributed by atoms with Crippen LogP contribution in [0.2, 0.25) is 0 Å². The average molecular weight is 377 g/mol. The Kier molecular flexibility index (Phi) is 4.36. The number of hydrogen-bond donors (Lipinski definition) is 0. The number of sulfonamides is 1. The summed E-state index contributed by atoms with van der Waals surface area (Å²) < 4.78 is 40.1. The van der Waals surface area contributed by atoms with Crippen LogP contribution < -0.4 is 0 Å². The van der Waals surface area contributed by atoms with Crippen molar-refractivity contribution in [1.82, 2.24) is 9.21 Å². The maximum Gasteiger partial charge on any atom is 0.244 e. The van der Waals surface area contributed by atoms with Gasteiger partial charge >= 0.3 is 0 Å². The lowest BCUT2D eigenvalue weighted by Gasteiger charge is -2.34. The molecule has 1 saturated carbocycles. The van der Waals surface area contributed by atoms with Crippen molar-refractivity contribution in [3.05, 3.63) is 28.5 Å². The minimum atomic E-state index is -3.55. The molecule has 0 bridgehead atoms. The molecule has 0 aromatic heterocycles. The first-order chi connectivity index (χ1) is 9.96. The van der Waals surface area contributed by atoms with Gasteiger partial charge in [0.15, 0.2) is 0 Å². The SMILES string of the molecule is O=S(=O)(c1ccc(F)cc1Br)N1CCN(CC2CC2)CC1. The summed E-state index contributed by atoms with van der Waals surface area (Å²) in [5, 5.41) is 0. The van der Waals surface area contributed by atoms with Crippen LogP contribution in [0.4, 0.5) is 4.39 Å². The van der Waals surface area contributed by atoms with E-state index < -0.39 is 15.8 Å². The van der Waals surface area contributed by atoms with Gasteiger partial charge in [-0.3, -0.25) is 0 Å². The Morgan fingerprint density at radius 1 is 1.19 bits per heavy atom. The van der Waals surface area contributed by atoms with Crippen molar-refractivity contribution in [1.29, 1.82) is 0 Å². The summed E-state index contributed by atoms with van der Waals surface area (Å²) in [6.07, 6.45) is 2.61. The third-order valence-electron chi connectivity index (χ3n) is 4.06. The van der Waals surface area contributed by atoms with E-state index in [4.69, 9.17) is 0 Å². The van der Waals surface area contributed by atoms with Crippen molar-refractivity contribution in [3.8, 4) is 0 Å². The summed E-state index contributed by atoms with van der Waals surface area (Å²) >= 11 is 3.15. The highest BCUT2D eigenvalue weighted by molar-refractivity contribution is 9.10. The first-order valence-electron chi connectivity index (χ1n) is 7.14. The van der Waals surface area contributed by atoms with Crippen molar-refractivity contribution in [2.45, 2.75) is 17.7 Å². The maximum atomic E-state index is 13.1. The normalized spacial score (nSPS) is 21.6. The molecule has 1 aliphatic heterocycles. The molecule has 1 saturated heterocycles. The van der Waals surface area contributed by atoms with E-state index >= 15 is 0 Å². The highest BCUT2D eigenvalue weighted by Crippen LogP contribution is 2.31. The molecular formula is C14H18BrFN2O2S. The minimum Gasteiger partial charge on any atom is -0.300 e. The van der Waals surface area contributed by atoms with Crippen LogP contribution in [0.3, 0.4) is 0 Å². The van der Waals surface area contributed by atoms with Gasteiger partial charge < -0.3 is 4.90 Å². The lowest BCUT2D eigenvalue weighted by atomic mass is 10.3. The van der Waals surface area contributed by atoms with E-state index in [9.17, 15) is 12.8 Å². The first-order valence-corrected chi connectivity index (χ1v) is 9.37. The van der Waals surface area contributed by atoms with E-state index in [2.05, 4.69) is 20.8 Å². The average Bonchev–Trinajstić information content (AvgIpc) is 3.23. The van der Waals surface area contributed by atoms with E-state index in [0.717, 1.165) is 25.6 Å². The monoisotopic (exact) mass is 376 g/mol. The molecule has 116 valence electrons. The van der Waals surface area contributed by atoms with Gasteiger partial charge in [-0.1, -0.05) is 0 Å². The lowest BCUT2D eigenvalue weighted by molar-refractivity contribution is 0.182. The molecule has 7 heteroatoms. The predicted molar refractivity (Wildman–Crippen MR) is 82.0 cm³/mol. The van der Waals surface area contributed by atoms with Gasteiger partial charge in [0.1, 0.15) is 5.82 Å². The second-order valence-corrected chi connectivity index (χ2v) is 8.48. The summed E-state index contributed by atoms with van der Waals surface area (Å²) in [7, 11) is -3.55. The second-order valence-electron chi connectivity index (χ2n) is 5.72. The number of halogens is 2. The van der Waals surface area contributed by atoms with Crippen LogP contribution in [0.1, 0.15) is 12.8 Å². The van der Waals surface area contributed by atoms with Crippen molar-refractivity contribution in [2.24, 2.45) is 5.92 Å². The van der Waals surface area contributed by atoms with Crippen molar-refractivity contribution in [2.75, 3.05) is 32.7 Å². The van der Waals surface area contributed by atoms with Gasteiger partial charge in [-0.25, -0.2) is 12.8 Å². The van der Waals surface area contributed by atoms with E-state index in [1.807, 2.05) is 0 Å². The van der Waals surface area contributed by atoms with Gasteiger partial charge in [-0.05, 0) is 52.9 Å². The molecule has 0 amide bonds. The maximum absolute atomic E-state index is 13.1. The molecule has 1 heterocycles. The molecule has 3 rings (SSSR count). The van der Waals surface area contributed by atoms with Crippen molar-refractivity contribution in [3.63, 3.8) is 0 Å². The molecule has 1 aliphatic carbocycles. The van der Waals surface area contributed by atoms with Gasteiger partial charge in [0.25, 0.3) is 0 Å². The zero-order valence-electron chi connectivity index (χ0n) is 11.6. The van der Waals surface area contributed by atoms with E-state index in [0.29, 0.717) is 13.1 Å². The molecule has 0 spiro atoms. The van der Waals surface area contributed by atoms with Crippen molar-refractivity contribution >= 4 is 26.0 Å². The van der Waals surface area contributed by atoms with E-state index in [-0.39, 0.29) is 9.37 Å². The van der Waals surface area contributed by atoms with Gasteiger partial charge in [0.2, 0.25) is 10.0 Å². The molecule has 21 heavy (non-hydrogen) atoms. The highest BCUT2D eigenvalue weighted by atomic mass is 79.9. The Hall–Kier alpha value is -0.500. The molecule has 4 nitrogen and oxygen atoms in total. The molecule has 1 aromatic rings. The Morgan fingerprint density at radius 3 is 2.43 bits per heavy atom. The van der Waals surface area contributed by atoms with Gasteiger partial charge in [-0.2, -0.15) is 4.31 Å². The fraction of sp³-hybridized carbons (Fsp3) is 0.571. The van der Waals surface area contributed by atoms with Crippen LogP contribution in [0.15, 0.2) is 27.6 Å². The zero-order valence-corrected chi connectivity index (χ0v) is 14.0. The molecule has 1 aromatic carbocycles. The molecule has 0 unspecified atom stereocenters. The van der Waals surface area contributed by atoms with Gasteiger partial charge in [0, 0.05) is 37.2 Å². The summed E-state index contributed by atoms with van der Waals surface area (Å²) in [5.41, 5.74) is 0. The summed E-state index contributed by atoms with van der Waals surface area (Å²) in [6, 6.07) is 3.70. The zero-order chi connectivity index (χ0) is 15.0. The highest BCUT2D eigenvalue weighted by Gasteiger charge is 2.32. The molecule has 0 atom stereocenters. The number of benzene rings is 1. The number of nitrogens with zero attached hydrogens (tertiary/aromatic N) is 2. The number of piperazine rings is 1. The fourth-order valence-electron chi connectivity index (χ4n) is 2.64. The number of hydrogen-bond acceptors (Lipinski definition) is 3. The Labute approximate surface area is 133 Å². The van der Waals surface area contributed by atoms with Crippen LogP contribution >= 0.6 is 15.9 Å². The van der Waals surface area contributed by atoms with Crippen LogP contribution in [-0.4, -0.2) is 50.3 Å². The van der Waals surface area contributed by atoms with E-state index in [1.54, 1.807) is 0 Å². The van der Waals surface area contributed by atoms with Crippen LogP contribution in [0, 0.1) is 11.7 Å². The molecular weight excluding hydrogens is 359 g/mol. The largest absolute Gasteiger partial charge is 0.300 e. The summed E-state index contributed by atoms with van der Waals surface area (Å²) in [5.74, 6) is 0.370. The minimum absolute atomic E-state index is 0.138. The topological polar surface area (TPSA) is 40.6 Å². The predicted octanol–water partition coefficient (Wildman–Crippen LogP) is 2.30. The third-order valence-corrected chi connectivity index (χ3v) is 6.93. The first kappa shape index (κ1) is 15.4. The Bertz CT molecular complexity index is 626. The Morgan fingerprint density at radius 2 is 1.86 bits per heavy atom. The second kappa shape index (κ2) is 5.95.